The Balaban J connectivity index is 1.85. The highest BCUT2D eigenvalue weighted by Crippen LogP contribution is 2.51. The number of rotatable bonds is 2. The third-order valence-corrected chi connectivity index (χ3v) is 4.26. The third-order valence-electron chi connectivity index (χ3n) is 4.26. The number of carbonyl (C=O) groups is 2. The fourth-order valence-electron chi connectivity index (χ4n) is 2.92. The van der Waals surface area contributed by atoms with Gasteiger partial charge in [0.1, 0.15) is 6.29 Å². The molecule has 2 aliphatic rings. The van der Waals surface area contributed by atoms with Gasteiger partial charge in [-0.2, -0.15) is 0 Å². The van der Waals surface area contributed by atoms with Gasteiger partial charge in [0, 0.05) is 24.9 Å². The molecule has 2 rings (SSSR count). The quantitative estimate of drug-likeness (QED) is 0.690. The van der Waals surface area contributed by atoms with Crippen molar-refractivity contribution < 1.29 is 9.59 Å². The van der Waals surface area contributed by atoms with Crippen LogP contribution in [0.4, 0.5) is 0 Å². The average molecular weight is 237 g/mol. The molecule has 1 aliphatic carbocycles. The monoisotopic (exact) mass is 237 g/mol. The van der Waals surface area contributed by atoms with Crippen LogP contribution >= 0.6 is 0 Å². The number of aldehydes is 1. The molecule has 17 heavy (non-hydrogen) atoms. The van der Waals surface area contributed by atoms with Crippen LogP contribution in [-0.4, -0.2) is 30.2 Å². The molecule has 3 nitrogen and oxygen atoms in total. The molecule has 2 atom stereocenters. The van der Waals surface area contributed by atoms with Crippen LogP contribution in [0.1, 0.15) is 40.0 Å². The molecule has 96 valence electrons. The Labute approximate surface area is 104 Å². The number of amides is 1. The van der Waals surface area contributed by atoms with E-state index < -0.39 is 0 Å². The van der Waals surface area contributed by atoms with Crippen molar-refractivity contribution in [2.45, 2.75) is 40.0 Å². The van der Waals surface area contributed by atoms with E-state index in [1.54, 1.807) is 0 Å². The molecule has 0 spiro atoms. The van der Waals surface area contributed by atoms with Crippen LogP contribution < -0.4 is 0 Å². The molecule has 1 saturated carbocycles. The molecule has 1 amide bonds. The van der Waals surface area contributed by atoms with Crippen molar-refractivity contribution in [3.8, 4) is 0 Å². The van der Waals surface area contributed by atoms with Crippen LogP contribution in [0.15, 0.2) is 0 Å². The van der Waals surface area contributed by atoms with Gasteiger partial charge in [0.25, 0.3) is 0 Å². The minimum absolute atomic E-state index is 0.177. The zero-order valence-electron chi connectivity index (χ0n) is 11.1. The van der Waals surface area contributed by atoms with Gasteiger partial charge >= 0.3 is 0 Å². The lowest BCUT2D eigenvalue weighted by Gasteiger charge is -2.30. The zero-order valence-corrected chi connectivity index (χ0v) is 11.1. The van der Waals surface area contributed by atoms with Crippen LogP contribution in [0, 0.1) is 23.2 Å². The van der Waals surface area contributed by atoms with Crippen molar-refractivity contribution in [1.82, 2.24) is 4.90 Å². The Hall–Kier alpha value is -0.860. The van der Waals surface area contributed by atoms with Crippen LogP contribution in [0.5, 0.6) is 0 Å². The number of hydrogen-bond donors (Lipinski definition) is 0. The predicted molar refractivity (Wildman–Crippen MR) is 66.4 cm³/mol. The molecular weight excluding hydrogens is 214 g/mol. The summed E-state index contributed by atoms with van der Waals surface area (Å²) in [4.78, 5) is 24.9. The van der Waals surface area contributed by atoms with Crippen molar-refractivity contribution >= 4 is 12.2 Å². The van der Waals surface area contributed by atoms with E-state index in [4.69, 9.17) is 0 Å². The zero-order chi connectivity index (χ0) is 12.6. The molecule has 2 fully saturated rings. The molecule has 0 aromatic carbocycles. The molecular formula is C14H23NO2. The SMILES string of the molecule is CC(C)(C)C1CC1C(=O)N1CCC(C=O)CC1. The summed E-state index contributed by atoms with van der Waals surface area (Å²) in [5.74, 6) is 1.31. The Bertz CT molecular complexity index is 311. The summed E-state index contributed by atoms with van der Waals surface area (Å²) < 4.78 is 0. The van der Waals surface area contributed by atoms with Crippen LogP contribution in [0.25, 0.3) is 0 Å². The summed E-state index contributed by atoms with van der Waals surface area (Å²) in [6.45, 7) is 8.18. The van der Waals surface area contributed by atoms with Gasteiger partial charge in [0.15, 0.2) is 0 Å². The number of nitrogens with zero attached hydrogens (tertiary/aromatic N) is 1. The lowest BCUT2D eigenvalue weighted by molar-refractivity contribution is -0.135. The first-order valence-electron chi connectivity index (χ1n) is 6.67. The summed E-state index contributed by atoms with van der Waals surface area (Å²) in [5, 5.41) is 0. The van der Waals surface area contributed by atoms with Crippen molar-refractivity contribution in [2.75, 3.05) is 13.1 Å². The number of likely N-dealkylation sites (tertiary alicyclic amines) is 1. The normalized spacial score (nSPS) is 30.2. The van der Waals surface area contributed by atoms with E-state index in [0.717, 1.165) is 38.6 Å². The van der Waals surface area contributed by atoms with Crippen LogP contribution in [0.2, 0.25) is 0 Å². The maximum atomic E-state index is 12.3. The van der Waals surface area contributed by atoms with Crippen molar-refractivity contribution in [2.24, 2.45) is 23.2 Å². The van der Waals surface area contributed by atoms with Gasteiger partial charge in [-0.05, 0) is 30.6 Å². The lowest BCUT2D eigenvalue weighted by Crippen LogP contribution is -2.40. The smallest absolute Gasteiger partial charge is 0.225 e. The van der Waals surface area contributed by atoms with Gasteiger partial charge in [0.05, 0.1) is 0 Å². The maximum absolute atomic E-state index is 12.3. The van der Waals surface area contributed by atoms with E-state index in [1.807, 2.05) is 4.90 Å². The van der Waals surface area contributed by atoms with Gasteiger partial charge in [-0.3, -0.25) is 4.79 Å². The lowest BCUT2D eigenvalue weighted by atomic mass is 9.88. The molecule has 0 aromatic heterocycles. The first kappa shape index (κ1) is 12.6. The number of piperidine rings is 1. The van der Waals surface area contributed by atoms with Crippen molar-refractivity contribution in [1.29, 1.82) is 0 Å². The largest absolute Gasteiger partial charge is 0.342 e. The second kappa shape index (κ2) is 4.43. The predicted octanol–water partition coefficient (Wildman–Crippen LogP) is 2.11. The second-order valence-electron chi connectivity index (χ2n) is 6.61. The molecule has 1 heterocycles. The fraction of sp³-hybridized carbons (Fsp3) is 0.857. The molecule has 2 unspecified atom stereocenters. The third kappa shape index (κ3) is 2.70. The molecule has 0 aromatic rings. The van der Waals surface area contributed by atoms with E-state index >= 15 is 0 Å². The maximum Gasteiger partial charge on any atom is 0.225 e. The number of hydrogen-bond acceptors (Lipinski definition) is 2. The van der Waals surface area contributed by atoms with Crippen molar-refractivity contribution in [3.05, 3.63) is 0 Å². The Morgan fingerprint density at radius 2 is 1.82 bits per heavy atom. The highest BCUT2D eigenvalue weighted by Gasteiger charge is 2.50. The van der Waals surface area contributed by atoms with Gasteiger partial charge in [-0.1, -0.05) is 20.8 Å². The summed E-state index contributed by atoms with van der Waals surface area (Å²) in [7, 11) is 0. The van der Waals surface area contributed by atoms with Gasteiger partial charge in [-0.25, -0.2) is 0 Å². The number of carbonyl (C=O) groups excluding carboxylic acids is 2. The molecule has 1 aliphatic heterocycles. The van der Waals surface area contributed by atoms with E-state index in [-0.39, 0.29) is 17.3 Å². The van der Waals surface area contributed by atoms with Crippen LogP contribution in [0.3, 0.4) is 0 Å². The van der Waals surface area contributed by atoms with Gasteiger partial charge < -0.3 is 9.69 Å². The topological polar surface area (TPSA) is 37.4 Å². The van der Waals surface area contributed by atoms with Gasteiger partial charge in [0.2, 0.25) is 5.91 Å². The van der Waals surface area contributed by atoms with E-state index in [9.17, 15) is 9.59 Å². The standard InChI is InChI=1S/C14H23NO2/c1-14(2,3)12-8-11(12)13(17)15-6-4-10(9-16)5-7-15/h9-12H,4-8H2,1-3H3. The molecule has 1 saturated heterocycles. The molecule has 0 bridgehead atoms. The van der Waals surface area contributed by atoms with Gasteiger partial charge in [-0.15, -0.1) is 0 Å². The second-order valence-corrected chi connectivity index (χ2v) is 6.61. The average Bonchev–Trinajstić information content (AvgIpc) is 3.08. The Morgan fingerprint density at radius 1 is 1.24 bits per heavy atom. The summed E-state index contributed by atoms with van der Waals surface area (Å²) in [6.07, 6.45) is 3.79. The Morgan fingerprint density at radius 3 is 2.24 bits per heavy atom. The minimum atomic E-state index is 0.177. The first-order valence-corrected chi connectivity index (χ1v) is 6.67. The minimum Gasteiger partial charge on any atom is -0.342 e. The van der Waals surface area contributed by atoms with E-state index in [2.05, 4.69) is 20.8 Å². The van der Waals surface area contributed by atoms with Crippen molar-refractivity contribution in [3.63, 3.8) is 0 Å². The summed E-state index contributed by atoms with van der Waals surface area (Å²) >= 11 is 0. The first-order chi connectivity index (χ1) is 7.93. The van der Waals surface area contributed by atoms with E-state index in [1.165, 1.54) is 0 Å². The highest BCUT2D eigenvalue weighted by molar-refractivity contribution is 5.82. The van der Waals surface area contributed by atoms with Crippen LogP contribution in [-0.2, 0) is 9.59 Å². The molecule has 0 N–H and O–H groups in total. The van der Waals surface area contributed by atoms with E-state index in [0.29, 0.717) is 11.8 Å². The fourth-order valence-corrected chi connectivity index (χ4v) is 2.92. The highest BCUT2D eigenvalue weighted by atomic mass is 16.2. The summed E-state index contributed by atoms with van der Waals surface area (Å²) in [6, 6.07) is 0. The molecule has 3 heteroatoms. The summed E-state index contributed by atoms with van der Waals surface area (Å²) in [5.41, 5.74) is 0.251. The Kier molecular flexibility index (Phi) is 3.28. The molecule has 0 radical (unpaired) electrons.